The van der Waals surface area contributed by atoms with Crippen LogP contribution in [-0.2, 0) is 10.2 Å². The number of aromatic nitrogens is 2. The normalized spacial score (nSPS) is 13.8. The molecule has 1 N–H and O–H groups in total. The van der Waals surface area contributed by atoms with Crippen molar-refractivity contribution in [2.75, 3.05) is 6.61 Å². The lowest BCUT2D eigenvalue weighted by Crippen LogP contribution is -2.11. The summed E-state index contributed by atoms with van der Waals surface area (Å²) in [4.78, 5) is 16.9. The molecule has 2 aromatic heterocycles. The van der Waals surface area contributed by atoms with Gasteiger partial charge in [-0.05, 0) is 61.2 Å². The van der Waals surface area contributed by atoms with Gasteiger partial charge in [0.05, 0.1) is 39.4 Å². The van der Waals surface area contributed by atoms with Crippen molar-refractivity contribution in [3.05, 3.63) is 70.4 Å². The molecule has 0 unspecified atom stereocenters. The lowest BCUT2D eigenvalue weighted by atomic mass is 10.0. The Hall–Kier alpha value is -4.16. The third-order valence-electron chi connectivity index (χ3n) is 7.07. The van der Waals surface area contributed by atoms with Crippen molar-refractivity contribution in [2.24, 2.45) is 0 Å². The zero-order chi connectivity index (χ0) is 26.6. The zero-order valence-electron chi connectivity index (χ0n) is 20.6. The number of nitriles is 1. The molecule has 0 spiro atoms. The maximum atomic E-state index is 13.9. The van der Waals surface area contributed by atoms with E-state index < -0.39 is 15.1 Å². The fourth-order valence-electron chi connectivity index (χ4n) is 5.07. The van der Waals surface area contributed by atoms with Crippen LogP contribution in [0, 0.1) is 11.3 Å². The second kappa shape index (κ2) is 8.99. The number of pyridine rings is 1. The monoisotopic (exact) mass is 529 g/mol. The first-order valence-corrected chi connectivity index (χ1v) is 13.9. The molecule has 3 aromatic carbocycles. The number of rotatable bonds is 7. The molecule has 38 heavy (non-hydrogen) atoms. The number of hydrogen-bond donors (Lipinski definition) is 1. The number of nitrogens with zero attached hydrogens (tertiary/aromatic N) is 2. The Morgan fingerprint density at radius 3 is 2.66 bits per heavy atom. The number of hydrogen-bond acceptors (Lipinski definition) is 5. The van der Waals surface area contributed by atoms with Gasteiger partial charge in [-0.15, -0.1) is 3.89 Å². The number of ether oxygens (including phenoxy) is 1. The molecule has 5 aromatic rings. The summed E-state index contributed by atoms with van der Waals surface area (Å²) >= 11 is 0. The first-order valence-electron chi connectivity index (χ1n) is 12.6. The van der Waals surface area contributed by atoms with E-state index in [1.165, 1.54) is 18.2 Å². The molecule has 2 heterocycles. The molecule has 0 bridgehead atoms. The molecule has 0 aliphatic heterocycles. The topological polar surface area (TPSA) is 105 Å². The van der Waals surface area contributed by atoms with Crippen LogP contribution in [0.3, 0.4) is 0 Å². The van der Waals surface area contributed by atoms with Gasteiger partial charge >= 0.3 is 10.2 Å². The van der Waals surface area contributed by atoms with Crippen molar-refractivity contribution in [1.82, 2.24) is 9.55 Å². The standard InChI is InChI=1S/C29H24FN3O4S/c1-2-3-11-37-26-15-23-25(14-22(26)18-5-4-6-20(13-18)38(30,35)36)33(19-8-9-19)29-27(28(23)34)21-10-7-17(16-31)12-24(21)32-29/h4-7,10,12-15,19,32H,2-3,8-9,11H2,1H3. The summed E-state index contributed by atoms with van der Waals surface area (Å²) in [6, 6.07) is 16.8. The zero-order valence-corrected chi connectivity index (χ0v) is 21.4. The number of aromatic amines is 1. The third-order valence-corrected chi connectivity index (χ3v) is 7.89. The Labute approximate surface area is 218 Å². The van der Waals surface area contributed by atoms with Crippen LogP contribution in [0.15, 0.2) is 64.3 Å². The Bertz CT molecular complexity index is 1960. The molecule has 1 fully saturated rings. The van der Waals surface area contributed by atoms with Crippen molar-refractivity contribution in [3.8, 4) is 22.9 Å². The van der Waals surface area contributed by atoms with Crippen molar-refractivity contribution < 1.29 is 17.0 Å². The fraction of sp³-hybridized carbons (Fsp3) is 0.241. The molecule has 7 nitrogen and oxygen atoms in total. The summed E-state index contributed by atoms with van der Waals surface area (Å²) in [5.74, 6) is 0.435. The smallest absolute Gasteiger partial charge is 0.332 e. The second-order valence-corrected chi connectivity index (χ2v) is 11.0. The van der Waals surface area contributed by atoms with E-state index in [4.69, 9.17) is 4.74 Å². The summed E-state index contributed by atoms with van der Waals surface area (Å²) in [5, 5.41) is 11.1. The van der Waals surface area contributed by atoms with Crippen molar-refractivity contribution in [1.29, 1.82) is 5.26 Å². The van der Waals surface area contributed by atoms with Gasteiger partial charge in [0.15, 0.2) is 5.43 Å². The van der Waals surface area contributed by atoms with Crippen LogP contribution in [0.1, 0.15) is 44.2 Å². The van der Waals surface area contributed by atoms with Gasteiger partial charge in [-0.25, -0.2) is 0 Å². The van der Waals surface area contributed by atoms with Gasteiger partial charge in [0, 0.05) is 22.5 Å². The number of fused-ring (bicyclic) bond motifs is 4. The number of H-pyrrole nitrogens is 1. The van der Waals surface area contributed by atoms with E-state index in [0.29, 0.717) is 56.5 Å². The Balaban J connectivity index is 1.69. The molecule has 6 rings (SSSR count). The molecule has 0 atom stereocenters. The van der Waals surface area contributed by atoms with Crippen LogP contribution in [0.5, 0.6) is 5.75 Å². The van der Waals surface area contributed by atoms with E-state index in [-0.39, 0.29) is 11.5 Å². The highest BCUT2D eigenvalue weighted by Gasteiger charge is 2.29. The van der Waals surface area contributed by atoms with Crippen molar-refractivity contribution in [2.45, 2.75) is 43.5 Å². The number of halogens is 1. The van der Waals surface area contributed by atoms with E-state index in [1.54, 1.807) is 30.3 Å². The summed E-state index contributed by atoms with van der Waals surface area (Å²) in [6.07, 6.45) is 3.61. The number of benzene rings is 3. The first-order chi connectivity index (χ1) is 18.3. The fourth-order valence-corrected chi connectivity index (χ4v) is 5.58. The molecule has 0 radical (unpaired) electrons. The van der Waals surface area contributed by atoms with E-state index in [2.05, 4.69) is 15.6 Å². The van der Waals surface area contributed by atoms with Gasteiger partial charge in [0.25, 0.3) is 0 Å². The minimum absolute atomic E-state index is 0.158. The number of nitrogens with one attached hydrogen (secondary N) is 1. The van der Waals surface area contributed by atoms with Gasteiger partial charge in [-0.1, -0.05) is 31.5 Å². The predicted molar refractivity (Wildman–Crippen MR) is 145 cm³/mol. The molecular weight excluding hydrogens is 505 g/mol. The average molecular weight is 530 g/mol. The molecule has 1 aliphatic carbocycles. The molecule has 0 saturated heterocycles. The van der Waals surface area contributed by atoms with Crippen LogP contribution in [0.25, 0.3) is 44.0 Å². The highest BCUT2D eigenvalue weighted by molar-refractivity contribution is 7.86. The number of unbranched alkanes of at least 4 members (excludes halogenated alkanes) is 1. The third kappa shape index (κ3) is 4.02. The Kier molecular flexibility index (Phi) is 5.73. The first kappa shape index (κ1) is 24.2. The quantitative estimate of drug-likeness (QED) is 0.195. The molecule has 1 aliphatic rings. The Morgan fingerprint density at radius 1 is 1.13 bits per heavy atom. The van der Waals surface area contributed by atoms with Gasteiger partial charge in [-0.3, -0.25) is 4.79 Å². The minimum Gasteiger partial charge on any atom is -0.493 e. The van der Waals surface area contributed by atoms with Crippen molar-refractivity contribution >= 4 is 43.1 Å². The summed E-state index contributed by atoms with van der Waals surface area (Å²) in [6.45, 7) is 2.46. The van der Waals surface area contributed by atoms with Gasteiger partial charge < -0.3 is 14.3 Å². The minimum atomic E-state index is -4.90. The predicted octanol–water partition coefficient (Wildman–Crippen LogP) is 6.35. The van der Waals surface area contributed by atoms with Crippen LogP contribution in [-0.4, -0.2) is 24.6 Å². The lowest BCUT2D eigenvalue weighted by Gasteiger charge is -2.17. The molecule has 1 saturated carbocycles. The molecule has 9 heteroatoms. The Morgan fingerprint density at radius 2 is 1.95 bits per heavy atom. The lowest BCUT2D eigenvalue weighted by molar-refractivity contribution is 0.311. The maximum Gasteiger partial charge on any atom is 0.332 e. The maximum absolute atomic E-state index is 13.9. The highest BCUT2D eigenvalue weighted by atomic mass is 32.3. The van der Waals surface area contributed by atoms with Crippen LogP contribution < -0.4 is 10.2 Å². The van der Waals surface area contributed by atoms with Crippen molar-refractivity contribution in [3.63, 3.8) is 0 Å². The SMILES string of the molecule is CCCCOc1cc2c(=O)c3c4ccc(C#N)cc4[nH]c3n(C3CC3)c2cc1-c1cccc(S(=O)(=O)F)c1. The van der Waals surface area contributed by atoms with Gasteiger partial charge in [0.2, 0.25) is 0 Å². The summed E-state index contributed by atoms with van der Waals surface area (Å²) < 4.78 is 45.3. The van der Waals surface area contributed by atoms with Crippen LogP contribution in [0.4, 0.5) is 3.89 Å². The van der Waals surface area contributed by atoms with E-state index >= 15 is 0 Å². The van der Waals surface area contributed by atoms with E-state index in [9.17, 15) is 22.4 Å². The second-order valence-electron chi connectivity index (χ2n) is 9.68. The van der Waals surface area contributed by atoms with Gasteiger partial charge in [-0.2, -0.15) is 13.7 Å². The molecule has 0 amide bonds. The molecule has 192 valence electrons. The summed E-state index contributed by atoms with van der Waals surface area (Å²) in [5.41, 5.74) is 3.47. The largest absolute Gasteiger partial charge is 0.493 e. The van der Waals surface area contributed by atoms with Crippen LogP contribution >= 0.6 is 0 Å². The summed E-state index contributed by atoms with van der Waals surface area (Å²) in [7, 11) is -4.90. The highest BCUT2D eigenvalue weighted by Crippen LogP contribution is 2.43. The van der Waals surface area contributed by atoms with Gasteiger partial charge in [0.1, 0.15) is 11.4 Å². The van der Waals surface area contributed by atoms with E-state index in [0.717, 1.165) is 31.1 Å². The average Bonchev–Trinajstić information content (AvgIpc) is 3.67. The molecular formula is C29H24FN3O4S. The van der Waals surface area contributed by atoms with E-state index in [1.807, 2.05) is 13.0 Å². The van der Waals surface area contributed by atoms with Crippen LogP contribution in [0.2, 0.25) is 0 Å².